The summed E-state index contributed by atoms with van der Waals surface area (Å²) in [5.74, 6) is 0.755. The summed E-state index contributed by atoms with van der Waals surface area (Å²) in [6.07, 6.45) is 4.62. The van der Waals surface area contributed by atoms with Crippen molar-refractivity contribution in [2.24, 2.45) is 0 Å². The average molecular weight is 448 g/mol. The lowest BCUT2D eigenvalue weighted by Gasteiger charge is -2.22. The highest BCUT2D eigenvalue weighted by Crippen LogP contribution is 2.29. The highest BCUT2D eigenvalue weighted by atomic mass is 32.2. The molecule has 0 amide bonds. The van der Waals surface area contributed by atoms with Gasteiger partial charge in [0.2, 0.25) is 10.0 Å². The van der Waals surface area contributed by atoms with Gasteiger partial charge < -0.3 is 4.74 Å². The molecule has 4 rings (SSSR count). The van der Waals surface area contributed by atoms with Crippen LogP contribution in [0, 0.1) is 0 Å². The third kappa shape index (κ3) is 5.86. The fourth-order valence-corrected chi connectivity index (χ4v) is 4.26. The Bertz CT molecular complexity index is 1210. The summed E-state index contributed by atoms with van der Waals surface area (Å²) in [5.41, 5.74) is 1.90. The summed E-state index contributed by atoms with van der Waals surface area (Å²) in [6.45, 7) is 3.54. The Morgan fingerprint density at radius 2 is 1.47 bits per heavy atom. The maximum atomic E-state index is 12.7. The number of rotatable bonds is 7. The van der Waals surface area contributed by atoms with E-state index in [0.29, 0.717) is 11.4 Å². The van der Waals surface area contributed by atoms with Crippen LogP contribution in [0.4, 0.5) is 11.4 Å². The molecular weight excluding hydrogens is 422 g/mol. The molecule has 0 aliphatic carbocycles. The van der Waals surface area contributed by atoms with Crippen LogP contribution in [0.25, 0.3) is 5.69 Å². The number of anilines is 2. The van der Waals surface area contributed by atoms with E-state index in [1.54, 1.807) is 48.5 Å². The number of aromatic nitrogens is 2. The summed E-state index contributed by atoms with van der Waals surface area (Å²) in [6, 6.07) is 28.2. The molecule has 0 unspecified atom stereocenters. The van der Waals surface area contributed by atoms with Gasteiger partial charge in [-0.3, -0.25) is 0 Å². The Balaban J connectivity index is 0.000000305. The van der Waals surface area contributed by atoms with Gasteiger partial charge in [0.1, 0.15) is 5.75 Å². The topological polar surface area (TPSA) is 64.4 Å². The van der Waals surface area contributed by atoms with Crippen LogP contribution in [0.5, 0.6) is 5.75 Å². The maximum Gasteiger partial charge on any atom is 0.243 e. The lowest BCUT2D eigenvalue weighted by Crippen LogP contribution is -2.27. The van der Waals surface area contributed by atoms with Crippen molar-refractivity contribution in [3.05, 3.63) is 116 Å². The number of hydrogen-bond donors (Lipinski definition) is 0. The van der Waals surface area contributed by atoms with E-state index in [9.17, 15) is 8.42 Å². The van der Waals surface area contributed by atoms with Crippen LogP contribution >= 0.6 is 0 Å². The molecule has 0 aliphatic rings. The van der Waals surface area contributed by atoms with Crippen molar-refractivity contribution >= 4 is 21.4 Å². The molecule has 0 spiro atoms. The first-order chi connectivity index (χ1) is 15.5. The Kier molecular flexibility index (Phi) is 7.83. The quantitative estimate of drug-likeness (QED) is 0.364. The largest absolute Gasteiger partial charge is 0.497 e. The van der Waals surface area contributed by atoms with Crippen LogP contribution in [-0.4, -0.2) is 31.1 Å². The number of methoxy groups -OCH3 is 1. The van der Waals surface area contributed by atoms with E-state index in [0.717, 1.165) is 11.4 Å². The van der Waals surface area contributed by atoms with Crippen molar-refractivity contribution in [3.8, 4) is 11.4 Å². The third-order valence-corrected chi connectivity index (χ3v) is 6.04. The molecule has 0 bridgehead atoms. The molecule has 0 atom stereocenters. The molecular formula is C25H25N3O3S. The molecule has 0 saturated carbocycles. The molecule has 4 aromatic rings. The lowest BCUT2D eigenvalue weighted by molar-refractivity contribution is 0.415. The predicted octanol–water partition coefficient (Wildman–Crippen LogP) is 5.22. The Labute approximate surface area is 189 Å². The number of hydrogen-bond acceptors (Lipinski definition) is 4. The lowest BCUT2D eigenvalue weighted by atomic mass is 10.3. The second-order valence-electron chi connectivity index (χ2n) is 6.66. The summed E-state index contributed by atoms with van der Waals surface area (Å²) >= 11 is 0. The molecule has 1 aromatic heterocycles. The molecule has 0 N–H and O–H groups in total. The molecule has 6 nitrogen and oxygen atoms in total. The molecule has 0 saturated heterocycles. The number of para-hydroxylation sites is 3. The average Bonchev–Trinajstić information content (AvgIpc) is 3.30. The van der Waals surface area contributed by atoms with Crippen LogP contribution in [0.1, 0.15) is 0 Å². The third-order valence-electron chi connectivity index (χ3n) is 4.40. The van der Waals surface area contributed by atoms with Crippen LogP contribution < -0.4 is 9.04 Å². The fraction of sp³-hybridized carbons (Fsp3) is 0.0800. The van der Waals surface area contributed by atoms with E-state index in [2.05, 4.69) is 11.7 Å². The highest BCUT2D eigenvalue weighted by molar-refractivity contribution is 7.93. The van der Waals surface area contributed by atoms with Gasteiger partial charge in [0.05, 0.1) is 42.3 Å². The molecule has 3 aromatic carbocycles. The second-order valence-corrected chi connectivity index (χ2v) is 8.53. The molecule has 0 fully saturated rings. The zero-order valence-electron chi connectivity index (χ0n) is 17.8. The van der Waals surface area contributed by atoms with Crippen molar-refractivity contribution in [3.63, 3.8) is 0 Å². The summed E-state index contributed by atoms with van der Waals surface area (Å²) in [7, 11) is -1.92. The van der Waals surface area contributed by atoms with Crippen molar-refractivity contribution < 1.29 is 13.2 Å². The minimum Gasteiger partial charge on any atom is -0.497 e. The Hall–Kier alpha value is -3.84. The first-order valence-electron chi connectivity index (χ1n) is 9.93. The molecule has 32 heavy (non-hydrogen) atoms. The summed E-state index contributed by atoms with van der Waals surface area (Å²) < 4.78 is 33.2. The summed E-state index contributed by atoms with van der Waals surface area (Å²) in [5, 5.41) is 4.29. The van der Waals surface area contributed by atoms with Crippen molar-refractivity contribution in [1.82, 2.24) is 9.78 Å². The predicted molar refractivity (Wildman–Crippen MR) is 129 cm³/mol. The molecule has 7 heteroatoms. The molecule has 0 aliphatic heterocycles. The molecule has 1 heterocycles. The highest BCUT2D eigenvalue weighted by Gasteiger charge is 2.24. The van der Waals surface area contributed by atoms with Crippen molar-refractivity contribution in [2.75, 3.05) is 17.2 Å². The van der Waals surface area contributed by atoms with Crippen LogP contribution in [-0.2, 0) is 10.0 Å². The number of benzene rings is 3. The van der Waals surface area contributed by atoms with Gasteiger partial charge in [-0.15, -0.1) is 6.58 Å². The van der Waals surface area contributed by atoms with Crippen molar-refractivity contribution in [2.45, 2.75) is 0 Å². The van der Waals surface area contributed by atoms with E-state index >= 15 is 0 Å². The van der Waals surface area contributed by atoms with Gasteiger partial charge in [-0.1, -0.05) is 60.7 Å². The van der Waals surface area contributed by atoms with Gasteiger partial charge >= 0.3 is 0 Å². The fourth-order valence-electron chi connectivity index (χ4n) is 2.95. The number of ether oxygens (including phenoxy) is 1. The normalized spacial score (nSPS) is 10.5. The van der Waals surface area contributed by atoms with Crippen LogP contribution in [0.3, 0.4) is 0 Å². The first-order valence-corrected chi connectivity index (χ1v) is 11.5. The standard InChI is InChI=1S/C18H17N3O2S.C7H8O/c1-2-13-24(22,23)21(17-11-7-4-8-12-17)18-14-19-20(15-18)16-9-5-3-6-10-16;1-8-7-5-3-2-4-6-7/h2-12,14-15H,1,13H2;2-6H,1H3. The summed E-state index contributed by atoms with van der Waals surface area (Å²) in [4.78, 5) is 0. The molecule has 0 radical (unpaired) electrons. The van der Waals surface area contributed by atoms with E-state index in [1.165, 1.54) is 10.4 Å². The minimum absolute atomic E-state index is 0.154. The Morgan fingerprint density at radius 3 is 2.00 bits per heavy atom. The van der Waals surface area contributed by atoms with Crippen LogP contribution in [0.15, 0.2) is 116 Å². The molecule has 164 valence electrons. The zero-order valence-corrected chi connectivity index (χ0v) is 18.6. The van der Waals surface area contributed by atoms with Gasteiger partial charge in [-0.05, 0) is 36.4 Å². The minimum atomic E-state index is -3.59. The van der Waals surface area contributed by atoms with Gasteiger partial charge in [0, 0.05) is 0 Å². The van der Waals surface area contributed by atoms with E-state index in [-0.39, 0.29) is 5.75 Å². The zero-order chi connectivity index (χ0) is 22.8. The monoisotopic (exact) mass is 447 g/mol. The SMILES string of the molecule is C=CCS(=O)(=O)N(c1ccccc1)c1cnn(-c2ccccc2)c1.COc1ccccc1. The van der Waals surface area contributed by atoms with E-state index in [4.69, 9.17) is 4.74 Å². The first kappa shape index (κ1) is 22.8. The van der Waals surface area contributed by atoms with E-state index in [1.807, 2.05) is 66.7 Å². The van der Waals surface area contributed by atoms with Crippen LogP contribution in [0.2, 0.25) is 0 Å². The maximum absolute atomic E-state index is 12.7. The van der Waals surface area contributed by atoms with E-state index < -0.39 is 10.0 Å². The van der Waals surface area contributed by atoms with Gasteiger partial charge in [0.25, 0.3) is 0 Å². The van der Waals surface area contributed by atoms with Gasteiger partial charge in [0.15, 0.2) is 0 Å². The number of nitrogens with zero attached hydrogens (tertiary/aromatic N) is 3. The Morgan fingerprint density at radius 1 is 0.906 bits per heavy atom. The second kappa shape index (κ2) is 11.0. The van der Waals surface area contributed by atoms with Gasteiger partial charge in [-0.2, -0.15) is 5.10 Å². The van der Waals surface area contributed by atoms with Gasteiger partial charge in [-0.25, -0.2) is 17.4 Å². The van der Waals surface area contributed by atoms with Crippen molar-refractivity contribution in [1.29, 1.82) is 0 Å². The smallest absolute Gasteiger partial charge is 0.243 e. The number of sulfonamides is 1.